The third-order valence-corrected chi connectivity index (χ3v) is 3.65. The number of nitrogens with two attached hydrogens (primary N) is 1. The molecule has 1 aliphatic rings. The smallest absolute Gasteiger partial charge is 0.102 e. The first-order valence-corrected chi connectivity index (χ1v) is 6.33. The maximum atomic E-state index is 8.97. The zero-order chi connectivity index (χ0) is 12.3. The molecule has 3 unspecified atom stereocenters. The number of nitriles is 1. The van der Waals surface area contributed by atoms with Gasteiger partial charge in [0.2, 0.25) is 0 Å². The average Bonchev–Trinajstić information content (AvgIpc) is 2.65. The first-order valence-electron chi connectivity index (χ1n) is 6.33. The van der Waals surface area contributed by atoms with Crippen molar-refractivity contribution in [3.63, 3.8) is 0 Å². The molecule has 2 N–H and O–H groups in total. The van der Waals surface area contributed by atoms with E-state index >= 15 is 0 Å². The van der Waals surface area contributed by atoms with Crippen LogP contribution in [0.2, 0.25) is 0 Å². The molecule has 0 radical (unpaired) electrons. The van der Waals surface area contributed by atoms with Crippen molar-refractivity contribution in [1.82, 2.24) is 4.90 Å². The molecular weight excluding hydrogens is 198 g/mol. The maximum absolute atomic E-state index is 8.97. The second-order valence-corrected chi connectivity index (χ2v) is 5.77. The first-order chi connectivity index (χ1) is 7.37. The molecule has 1 fully saturated rings. The van der Waals surface area contributed by atoms with Gasteiger partial charge in [-0.2, -0.15) is 5.26 Å². The highest BCUT2D eigenvalue weighted by molar-refractivity contribution is 5.03. The molecular formula is C13H25N3. The summed E-state index contributed by atoms with van der Waals surface area (Å²) >= 11 is 0. The van der Waals surface area contributed by atoms with Gasteiger partial charge in [-0.15, -0.1) is 0 Å². The van der Waals surface area contributed by atoms with E-state index in [0.717, 1.165) is 13.0 Å². The van der Waals surface area contributed by atoms with Crippen molar-refractivity contribution < 1.29 is 0 Å². The van der Waals surface area contributed by atoms with Crippen molar-refractivity contribution in [2.75, 3.05) is 6.54 Å². The van der Waals surface area contributed by atoms with Gasteiger partial charge in [0, 0.05) is 12.1 Å². The van der Waals surface area contributed by atoms with Crippen molar-refractivity contribution in [2.24, 2.45) is 11.7 Å². The Balaban J connectivity index is 2.60. The molecule has 0 aromatic heterocycles. The molecule has 1 aliphatic heterocycles. The van der Waals surface area contributed by atoms with Crippen LogP contribution in [0.5, 0.6) is 0 Å². The molecule has 3 atom stereocenters. The van der Waals surface area contributed by atoms with Gasteiger partial charge in [-0.05, 0) is 45.6 Å². The number of likely N-dealkylation sites (tertiary alicyclic amines) is 1. The van der Waals surface area contributed by atoms with Gasteiger partial charge >= 0.3 is 0 Å². The first kappa shape index (κ1) is 13.5. The minimum atomic E-state index is -0.691. The second-order valence-electron chi connectivity index (χ2n) is 5.77. The molecule has 0 spiro atoms. The Bertz CT molecular complexity index is 265. The predicted octanol–water partition coefficient (Wildman–Crippen LogP) is 2.13. The molecule has 0 aromatic carbocycles. The summed E-state index contributed by atoms with van der Waals surface area (Å²) in [6.45, 7) is 9.74. The monoisotopic (exact) mass is 223 g/mol. The third-order valence-electron chi connectivity index (χ3n) is 3.65. The summed E-state index contributed by atoms with van der Waals surface area (Å²) in [7, 11) is 0. The van der Waals surface area contributed by atoms with Crippen molar-refractivity contribution in [2.45, 2.75) is 64.6 Å². The predicted molar refractivity (Wildman–Crippen MR) is 66.9 cm³/mol. The van der Waals surface area contributed by atoms with Crippen molar-refractivity contribution in [1.29, 1.82) is 5.26 Å². The zero-order valence-electron chi connectivity index (χ0n) is 11.0. The Labute approximate surface area is 99.6 Å². The molecule has 0 aromatic rings. The molecule has 1 saturated heterocycles. The summed E-state index contributed by atoms with van der Waals surface area (Å²) in [5.41, 5.74) is 5.23. The van der Waals surface area contributed by atoms with Crippen LogP contribution in [-0.4, -0.2) is 29.1 Å². The normalized spacial score (nSPS) is 27.7. The van der Waals surface area contributed by atoms with E-state index in [4.69, 9.17) is 11.0 Å². The van der Waals surface area contributed by atoms with Gasteiger partial charge in [-0.3, -0.25) is 4.90 Å². The largest absolute Gasteiger partial charge is 0.314 e. The van der Waals surface area contributed by atoms with Crippen LogP contribution in [0.1, 0.15) is 47.0 Å². The molecule has 1 heterocycles. The molecule has 0 bridgehead atoms. The number of hydrogen-bond acceptors (Lipinski definition) is 3. The molecule has 3 nitrogen and oxygen atoms in total. The van der Waals surface area contributed by atoms with Crippen LogP contribution in [-0.2, 0) is 0 Å². The highest BCUT2D eigenvalue weighted by Crippen LogP contribution is 2.28. The standard InChI is InChI=1S/C13H25N3/c1-10(2)12-6-5-7-16(12)11(3)8-13(4,15)9-14/h10-12H,5-8,15H2,1-4H3. The van der Waals surface area contributed by atoms with E-state index in [1.54, 1.807) is 0 Å². The summed E-state index contributed by atoms with van der Waals surface area (Å²) in [6.07, 6.45) is 3.32. The van der Waals surface area contributed by atoms with Crippen LogP contribution in [0.15, 0.2) is 0 Å². The Morgan fingerprint density at radius 1 is 1.50 bits per heavy atom. The quantitative estimate of drug-likeness (QED) is 0.794. The Hall–Kier alpha value is -0.590. The average molecular weight is 223 g/mol. The van der Waals surface area contributed by atoms with Crippen molar-refractivity contribution >= 4 is 0 Å². The van der Waals surface area contributed by atoms with E-state index in [-0.39, 0.29) is 0 Å². The lowest BCUT2D eigenvalue weighted by Crippen LogP contribution is -2.46. The summed E-state index contributed by atoms with van der Waals surface area (Å²) in [6, 6.07) is 3.27. The highest BCUT2D eigenvalue weighted by atomic mass is 15.2. The third kappa shape index (κ3) is 3.20. The van der Waals surface area contributed by atoms with Crippen LogP contribution in [0, 0.1) is 17.2 Å². The van der Waals surface area contributed by atoms with Gasteiger partial charge < -0.3 is 5.73 Å². The van der Waals surface area contributed by atoms with Gasteiger partial charge in [0.1, 0.15) is 5.54 Å². The maximum Gasteiger partial charge on any atom is 0.102 e. The van der Waals surface area contributed by atoms with Gasteiger partial charge in [-0.1, -0.05) is 13.8 Å². The van der Waals surface area contributed by atoms with Gasteiger partial charge in [0.05, 0.1) is 6.07 Å². The fraction of sp³-hybridized carbons (Fsp3) is 0.923. The molecule has 3 heteroatoms. The molecule has 0 amide bonds. The number of rotatable bonds is 4. The van der Waals surface area contributed by atoms with E-state index in [2.05, 4.69) is 31.7 Å². The Kier molecular flexibility index (Phi) is 4.35. The van der Waals surface area contributed by atoms with Crippen molar-refractivity contribution in [3.05, 3.63) is 0 Å². The van der Waals surface area contributed by atoms with Crippen LogP contribution < -0.4 is 5.73 Å². The summed E-state index contributed by atoms with van der Waals surface area (Å²) < 4.78 is 0. The summed E-state index contributed by atoms with van der Waals surface area (Å²) in [4.78, 5) is 2.53. The van der Waals surface area contributed by atoms with E-state index in [1.807, 2.05) is 6.92 Å². The van der Waals surface area contributed by atoms with Crippen LogP contribution in [0.3, 0.4) is 0 Å². The highest BCUT2D eigenvalue weighted by Gasteiger charge is 2.33. The van der Waals surface area contributed by atoms with E-state index < -0.39 is 5.54 Å². The van der Waals surface area contributed by atoms with Crippen LogP contribution in [0.25, 0.3) is 0 Å². The fourth-order valence-electron chi connectivity index (χ4n) is 2.85. The molecule has 1 rings (SSSR count). The zero-order valence-corrected chi connectivity index (χ0v) is 11.0. The van der Waals surface area contributed by atoms with Crippen molar-refractivity contribution in [3.8, 4) is 6.07 Å². The number of nitrogens with zero attached hydrogens (tertiary/aromatic N) is 2. The molecule has 0 aliphatic carbocycles. The second kappa shape index (κ2) is 5.16. The molecule has 92 valence electrons. The summed E-state index contributed by atoms with van der Waals surface area (Å²) in [5, 5.41) is 8.97. The molecule has 16 heavy (non-hydrogen) atoms. The minimum Gasteiger partial charge on any atom is -0.314 e. The van der Waals surface area contributed by atoms with Gasteiger partial charge in [0.25, 0.3) is 0 Å². The van der Waals surface area contributed by atoms with Crippen LogP contribution in [0.4, 0.5) is 0 Å². The van der Waals surface area contributed by atoms with E-state index in [0.29, 0.717) is 18.0 Å². The Morgan fingerprint density at radius 3 is 2.62 bits per heavy atom. The summed E-state index contributed by atoms with van der Waals surface area (Å²) in [5.74, 6) is 0.691. The minimum absolute atomic E-state index is 0.407. The van der Waals surface area contributed by atoms with Gasteiger partial charge in [0.15, 0.2) is 0 Å². The Morgan fingerprint density at radius 2 is 2.12 bits per heavy atom. The lowest BCUT2D eigenvalue weighted by atomic mass is 9.94. The van der Waals surface area contributed by atoms with Crippen LogP contribution >= 0.6 is 0 Å². The topological polar surface area (TPSA) is 53.0 Å². The van der Waals surface area contributed by atoms with E-state index in [9.17, 15) is 0 Å². The number of hydrogen-bond donors (Lipinski definition) is 1. The lowest BCUT2D eigenvalue weighted by molar-refractivity contribution is 0.139. The molecule has 0 saturated carbocycles. The van der Waals surface area contributed by atoms with Gasteiger partial charge in [-0.25, -0.2) is 0 Å². The lowest BCUT2D eigenvalue weighted by Gasteiger charge is -2.35. The fourth-order valence-corrected chi connectivity index (χ4v) is 2.85. The van der Waals surface area contributed by atoms with E-state index in [1.165, 1.54) is 12.8 Å². The SMILES string of the molecule is CC(C)C1CCCN1C(C)CC(C)(N)C#N.